The molecule has 3 heterocycles. The lowest BCUT2D eigenvalue weighted by Crippen LogP contribution is -2.05. The van der Waals surface area contributed by atoms with Crippen LogP contribution >= 0.6 is 0 Å². The van der Waals surface area contributed by atoms with E-state index in [1.54, 1.807) is 0 Å². The molecule has 156 valence electrons. The third-order valence-corrected chi connectivity index (χ3v) is 4.24. The van der Waals surface area contributed by atoms with E-state index in [9.17, 15) is 22.0 Å². The number of nitrogens with two attached hydrogens (primary N) is 1. The summed E-state index contributed by atoms with van der Waals surface area (Å²) in [7, 11) is 0. The lowest BCUT2D eigenvalue weighted by atomic mass is 10.1. The number of anilines is 1. The van der Waals surface area contributed by atoms with Crippen molar-refractivity contribution < 1.29 is 22.0 Å². The minimum absolute atomic E-state index is 0.0385. The molecule has 0 aliphatic carbocycles. The highest BCUT2D eigenvalue weighted by molar-refractivity contribution is 5.66. The minimum Gasteiger partial charge on any atom is -0.368 e. The Bertz CT molecular complexity index is 1300. The molecular formula is C20H11F5N6. The first-order valence-electron chi connectivity index (χ1n) is 8.66. The first-order valence-corrected chi connectivity index (χ1v) is 8.66. The number of benzene rings is 1. The third kappa shape index (κ3) is 4.13. The number of alkyl halides is 5. The maximum atomic E-state index is 13.6. The van der Waals surface area contributed by atoms with E-state index in [1.165, 1.54) is 30.7 Å². The van der Waals surface area contributed by atoms with Crippen LogP contribution in [0.15, 0.2) is 48.9 Å². The first kappa shape index (κ1) is 20.2. The van der Waals surface area contributed by atoms with Crippen LogP contribution in [0.5, 0.6) is 0 Å². The van der Waals surface area contributed by atoms with Gasteiger partial charge in [0.25, 0.3) is 6.43 Å². The van der Waals surface area contributed by atoms with Crippen molar-refractivity contribution in [1.29, 1.82) is 0 Å². The Kier molecular flexibility index (Phi) is 4.98. The lowest BCUT2D eigenvalue weighted by molar-refractivity contribution is -0.137. The highest BCUT2D eigenvalue weighted by Crippen LogP contribution is 2.32. The first-order chi connectivity index (χ1) is 14.7. The van der Waals surface area contributed by atoms with Crippen LogP contribution in [0.1, 0.15) is 28.8 Å². The molecule has 2 N–H and O–H groups in total. The molecule has 0 amide bonds. The Morgan fingerprint density at radius 3 is 2.26 bits per heavy atom. The predicted octanol–water partition coefficient (Wildman–Crippen LogP) is 4.12. The Morgan fingerprint density at radius 2 is 1.65 bits per heavy atom. The van der Waals surface area contributed by atoms with Gasteiger partial charge in [-0.05, 0) is 18.2 Å². The van der Waals surface area contributed by atoms with E-state index in [2.05, 4.69) is 31.9 Å². The van der Waals surface area contributed by atoms with Crippen LogP contribution in [0.25, 0.3) is 16.9 Å². The standard InChI is InChI=1S/C20H11F5N6/c21-17(22)16-7-15(12-3-5-14(6-4-12)20(23,24)25)30-18-13(10-29-31(16)18)2-1-11-8-27-19(26)28-9-11/h3-10,17H,(H2,26,27,28). The van der Waals surface area contributed by atoms with E-state index in [4.69, 9.17) is 5.73 Å². The van der Waals surface area contributed by atoms with Gasteiger partial charge in [-0.3, -0.25) is 0 Å². The van der Waals surface area contributed by atoms with E-state index >= 15 is 0 Å². The number of hydrogen-bond acceptors (Lipinski definition) is 5. The van der Waals surface area contributed by atoms with Crippen molar-refractivity contribution in [1.82, 2.24) is 24.6 Å². The monoisotopic (exact) mass is 430 g/mol. The molecule has 11 heteroatoms. The molecule has 0 saturated carbocycles. The second kappa shape index (κ2) is 7.64. The molecule has 0 radical (unpaired) electrons. The predicted molar refractivity (Wildman–Crippen MR) is 101 cm³/mol. The van der Waals surface area contributed by atoms with Gasteiger partial charge in [0.1, 0.15) is 5.69 Å². The number of rotatable bonds is 2. The molecular weight excluding hydrogens is 419 g/mol. The molecule has 0 bridgehead atoms. The average molecular weight is 430 g/mol. The van der Waals surface area contributed by atoms with Crippen LogP contribution in [0.4, 0.5) is 27.9 Å². The van der Waals surface area contributed by atoms with Crippen molar-refractivity contribution in [3.05, 3.63) is 71.3 Å². The van der Waals surface area contributed by atoms with E-state index in [0.29, 0.717) is 5.56 Å². The van der Waals surface area contributed by atoms with E-state index in [0.717, 1.165) is 22.7 Å². The fraction of sp³-hybridized carbons (Fsp3) is 0.100. The van der Waals surface area contributed by atoms with Crippen LogP contribution < -0.4 is 5.73 Å². The third-order valence-electron chi connectivity index (χ3n) is 4.24. The van der Waals surface area contributed by atoms with Crippen molar-refractivity contribution in [3.63, 3.8) is 0 Å². The molecule has 0 aliphatic heterocycles. The highest BCUT2D eigenvalue weighted by Gasteiger charge is 2.30. The quantitative estimate of drug-likeness (QED) is 0.382. The van der Waals surface area contributed by atoms with Gasteiger partial charge in [0, 0.05) is 18.0 Å². The zero-order chi connectivity index (χ0) is 22.2. The van der Waals surface area contributed by atoms with Gasteiger partial charge >= 0.3 is 6.18 Å². The average Bonchev–Trinajstić information content (AvgIpc) is 3.15. The maximum absolute atomic E-state index is 13.6. The smallest absolute Gasteiger partial charge is 0.368 e. The van der Waals surface area contributed by atoms with Crippen LogP contribution in [0, 0.1) is 11.8 Å². The van der Waals surface area contributed by atoms with E-state index < -0.39 is 23.9 Å². The Labute approximate surface area is 171 Å². The zero-order valence-corrected chi connectivity index (χ0v) is 15.4. The minimum atomic E-state index is -4.51. The molecule has 4 aromatic rings. The SMILES string of the molecule is Nc1ncc(C#Cc2cnn3c(C(F)F)cc(-c4ccc(C(F)(F)F)cc4)nc23)cn1. The number of nitrogen functional groups attached to an aromatic ring is 1. The van der Waals surface area contributed by atoms with Crippen molar-refractivity contribution in [2.24, 2.45) is 0 Å². The van der Waals surface area contributed by atoms with Crippen LogP contribution in [-0.4, -0.2) is 24.6 Å². The number of nitrogens with zero attached hydrogens (tertiary/aromatic N) is 5. The lowest BCUT2D eigenvalue weighted by Gasteiger charge is -2.10. The number of halogens is 5. The Balaban J connectivity index is 1.81. The summed E-state index contributed by atoms with van der Waals surface area (Å²) in [5.74, 6) is 5.60. The second-order valence-corrected chi connectivity index (χ2v) is 6.32. The van der Waals surface area contributed by atoms with Gasteiger partial charge in [-0.1, -0.05) is 24.0 Å². The van der Waals surface area contributed by atoms with Gasteiger partial charge in [-0.15, -0.1) is 0 Å². The fourth-order valence-corrected chi connectivity index (χ4v) is 2.75. The number of hydrogen-bond donors (Lipinski definition) is 1. The van der Waals surface area contributed by atoms with E-state index in [-0.39, 0.29) is 28.4 Å². The summed E-state index contributed by atoms with van der Waals surface area (Å²) in [5, 5.41) is 3.92. The topological polar surface area (TPSA) is 82.0 Å². The Hall–Kier alpha value is -4.07. The largest absolute Gasteiger partial charge is 0.416 e. The summed E-state index contributed by atoms with van der Waals surface area (Å²) >= 11 is 0. The molecule has 0 saturated heterocycles. The molecule has 0 fully saturated rings. The van der Waals surface area contributed by atoms with Gasteiger partial charge in [0.05, 0.1) is 28.6 Å². The van der Waals surface area contributed by atoms with Crippen LogP contribution in [0.2, 0.25) is 0 Å². The molecule has 3 aromatic heterocycles. The van der Waals surface area contributed by atoms with Crippen LogP contribution in [0.3, 0.4) is 0 Å². The summed E-state index contributed by atoms with van der Waals surface area (Å²) in [5.41, 5.74) is 5.11. The van der Waals surface area contributed by atoms with Gasteiger partial charge in [-0.2, -0.15) is 18.3 Å². The van der Waals surface area contributed by atoms with Gasteiger partial charge in [0.2, 0.25) is 5.95 Å². The summed E-state index contributed by atoms with van der Waals surface area (Å²) in [4.78, 5) is 11.9. The molecule has 1 aromatic carbocycles. The summed E-state index contributed by atoms with van der Waals surface area (Å²) in [6.07, 6.45) is -3.34. The van der Waals surface area contributed by atoms with Gasteiger partial charge < -0.3 is 5.73 Å². The molecule has 0 aliphatic rings. The zero-order valence-electron chi connectivity index (χ0n) is 15.4. The number of fused-ring (bicyclic) bond motifs is 1. The summed E-state index contributed by atoms with van der Waals surface area (Å²) < 4.78 is 66.6. The molecule has 6 nitrogen and oxygen atoms in total. The molecule has 4 rings (SSSR count). The van der Waals surface area contributed by atoms with Crippen molar-refractivity contribution in [2.75, 3.05) is 5.73 Å². The van der Waals surface area contributed by atoms with Gasteiger partial charge in [-0.25, -0.2) is 28.2 Å². The second-order valence-electron chi connectivity index (χ2n) is 6.32. The van der Waals surface area contributed by atoms with E-state index in [1.807, 2.05) is 0 Å². The van der Waals surface area contributed by atoms with Crippen molar-refractivity contribution in [2.45, 2.75) is 12.6 Å². The molecule has 0 unspecified atom stereocenters. The Morgan fingerprint density at radius 1 is 0.968 bits per heavy atom. The molecule has 31 heavy (non-hydrogen) atoms. The van der Waals surface area contributed by atoms with Gasteiger partial charge in [0.15, 0.2) is 5.65 Å². The summed E-state index contributed by atoms with van der Waals surface area (Å²) in [6.45, 7) is 0. The fourth-order valence-electron chi connectivity index (χ4n) is 2.75. The normalized spacial score (nSPS) is 11.5. The molecule has 0 atom stereocenters. The maximum Gasteiger partial charge on any atom is 0.416 e. The van der Waals surface area contributed by atoms with Crippen molar-refractivity contribution in [3.8, 4) is 23.1 Å². The van der Waals surface area contributed by atoms with Crippen molar-refractivity contribution >= 4 is 11.6 Å². The summed E-state index contributed by atoms with van der Waals surface area (Å²) in [6, 6.07) is 5.15. The van der Waals surface area contributed by atoms with Crippen LogP contribution in [-0.2, 0) is 6.18 Å². The highest BCUT2D eigenvalue weighted by atomic mass is 19.4. The number of aromatic nitrogens is 5. The molecule has 0 spiro atoms.